The highest BCUT2D eigenvalue weighted by molar-refractivity contribution is 5.74. The van der Waals surface area contributed by atoms with Crippen molar-refractivity contribution in [3.05, 3.63) is 30.6 Å². The van der Waals surface area contributed by atoms with Crippen LogP contribution in [-0.4, -0.2) is 16.2 Å². The van der Waals surface area contributed by atoms with E-state index >= 15 is 0 Å². The molecule has 0 amide bonds. The lowest BCUT2D eigenvalue weighted by Gasteiger charge is -2.04. The first-order valence-corrected chi connectivity index (χ1v) is 4.07. The Morgan fingerprint density at radius 1 is 1.36 bits per heavy atom. The second-order valence-corrected chi connectivity index (χ2v) is 2.76. The molecule has 1 heterocycles. The molecule has 1 aromatic heterocycles. The summed E-state index contributed by atoms with van der Waals surface area (Å²) in [6.07, 6.45) is 1.48. The summed E-state index contributed by atoms with van der Waals surface area (Å²) >= 11 is 0. The maximum atomic E-state index is 11.8. The lowest BCUT2D eigenvalue weighted by Crippen LogP contribution is -2.05. The molecule has 1 aromatic carbocycles. The van der Waals surface area contributed by atoms with E-state index in [2.05, 4.69) is 9.72 Å². The Morgan fingerprint density at radius 2 is 2.14 bits per heavy atom. The summed E-state index contributed by atoms with van der Waals surface area (Å²) in [4.78, 5) is 4.03. The molecule has 0 unspecified atom stereocenters. The van der Waals surface area contributed by atoms with E-state index in [4.69, 9.17) is 0 Å². The largest absolute Gasteiger partial charge is 0.346 e. The van der Waals surface area contributed by atoms with E-state index in [0.29, 0.717) is 0 Å². The number of hydrogen-bond donors (Lipinski definition) is 0. The number of hydrogen-bond acceptors (Lipinski definition) is 2. The van der Waals surface area contributed by atoms with Gasteiger partial charge in [-0.25, -0.2) is 4.98 Å². The normalized spacial score (nSPS) is 11.4. The molecule has 0 radical (unpaired) electrons. The number of aromatic nitrogens is 2. The first-order chi connectivity index (χ1) is 6.77. The zero-order valence-electron chi connectivity index (χ0n) is 7.23. The molecule has 0 aliphatic rings. The number of fused-ring (bicyclic) bond motifs is 1. The van der Waals surface area contributed by atoms with Gasteiger partial charge in [0.2, 0.25) is 0 Å². The molecule has 0 saturated heterocycles. The summed E-state index contributed by atoms with van der Waals surface area (Å²) in [6.45, 7) is -2.94. The van der Waals surface area contributed by atoms with E-state index in [-0.39, 0.29) is 6.73 Å². The van der Waals surface area contributed by atoms with Crippen molar-refractivity contribution in [2.75, 3.05) is 0 Å². The molecule has 3 nitrogen and oxygen atoms in total. The van der Waals surface area contributed by atoms with Crippen LogP contribution in [0.15, 0.2) is 30.6 Å². The van der Waals surface area contributed by atoms with Crippen molar-refractivity contribution in [3.8, 4) is 0 Å². The number of halogens is 2. The van der Waals surface area contributed by atoms with Crippen LogP contribution in [0.1, 0.15) is 0 Å². The van der Waals surface area contributed by atoms with Crippen molar-refractivity contribution in [3.63, 3.8) is 0 Å². The molecule has 0 aliphatic heterocycles. The highest BCUT2D eigenvalue weighted by Crippen LogP contribution is 2.12. The van der Waals surface area contributed by atoms with Gasteiger partial charge in [0, 0.05) is 0 Å². The van der Waals surface area contributed by atoms with Gasteiger partial charge in [-0.15, -0.1) is 0 Å². The van der Waals surface area contributed by atoms with Gasteiger partial charge in [0.25, 0.3) is 0 Å². The Bertz CT molecular complexity index is 427. The Kier molecular flexibility index (Phi) is 2.41. The lowest BCUT2D eigenvalue weighted by atomic mass is 10.3. The van der Waals surface area contributed by atoms with Gasteiger partial charge in [-0.05, 0) is 12.1 Å². The summed E-state index contributed by atoms with van der Waals surface area (Å²) in [5, 5.41) is 0. The minimum atomic E-state index is -2.75. The number of rotatable bonds is 3. The van der Waals surface area contributed by atoms with E-state index in [1.165, 1.54) is 10.9 Å². The highest BCUT2D eigenvalue weighted by atomic mass is 19.3. The monoisotopic (exact) mass is 198 g/mol. The molecule has 74 valence electrons. The molecule has 0 fully saturated rings. The van der Waals surface area contributed by atoms with Crippen LogP contribution in [0.2, 0.25) is 0 Å². The van der Waals surface area contributed by atoms with E-state index in [9.17, 15) is 8.78 Å². The average Bonchev–Trinajstić information content (AvgIpc) is 2.58. The summed E-state index contributed by atoms with van der Waals surface area (Å²) in [5.74, 6) is 0. The van der Waals surface area contributed by atoms with Crippen molar-refractivity contribution >= 4 is 11.0 Å². The van der Waals surface area contributed by atoms with Crippen LogP contribution in [0, 0.1) is 0 Å². The Morgan fingerprint density at radius 3 is 2.93 bits per heavy atom. The van der Waals surface area contributed by atoms with Crippen LogP contribution in [0.3, 0.4) is 0 Å². The van der Waals surface area contributed by atoms with Crippen LogP contribution in [0.25, 0.3) is 11.0 Å². The smallest absolute Gasteiger partial charge is 0.306 e. The topological polar surface area (TPSA) is 27.1 Å². The first kappa shape index (κ1) is 9.08. The maximum Gasteiger partial charge on any atom is 0.346 e. The fraction of sp³-hybridized carbons (Fsp3) is 0.222. The van der Waals surface area contributed by atoms with E-state index in [0.717, 1.165) is 11.0 Å². The Balaban J connectivity index is 2.25. The molecule has 0 spiro atoms. The number of benzene rings is 1. The summed E-state index contributed by atoms with van der Waals surface area (Å²) in [6, 6.07) is 7.28. The average molecular weight is 198 g/mol. The standard InChI is InChI=1S/C9H8F2N2O/c10-9(11)14-6-13-5-12-7-3-1-2-4-8(7)13/h1-5,9H,6H2. The van der Waals surface area contributed by atoms with Crippen molar-refractivity contribution in [1.82, 2.24) is 9.55 Å². The van der Waals surface area contributed by atoms with Crippen molar-refractivity contribution in [2.45, 2.75) is 13.3 Å². The zero-order chi connectivity index (χ0) is 9.97. The quantitative estimate of drug-likeness (QED) is 0.756. The third-order valence-corrected chi connectivity index (χ3v) is 1.87. The van der Waals surface area contributed by atoms with Crippen molar-refractivity contribution < 1.29 is 13.5 Å². The van der Waals surface area contributed by atoms with Crippen LogP contribution >= 0.6 is 0 Å². The number of nitrogens with zero attached hydrogens (tertiary/aromatic N) is 2. The molecule has 0 bridgehead atoms. The van der Waals surface area contributed by atoms with E-state index in [1.54, 1.807) is 6.07 Å². The van der Waals surface area contributed by atoms with Gasteiger partial charge in [-0.3, -0.25) is 0 Å². The molecule has 0 atom stereocenters. The number of imidazole rings is 1. The van der Waals surface area contributed by atoms with Gasteiger partial charge in [0.15, 0.2) is 0 Å². The SMILES string of the molecule is FC(F)OCn1cnc2ccccc21. The molecular formula is C9H8F2N2O. The molecular weight excluding hydrogens is 190 g/mol. The van der Waals surface area contributed by atoms with Crippen molar-refractivity contribution in [1.29, 1.82) is 0 Å². The summed E-state index contributed by atoms with van der Waals surface area (Å²) in [5.41, 5.74) is 1.55. The predicted octanol–water partition coefficient (Wildman–Crippen LogP) is 2.23. The van der Waals surface area contributed by atoms with Crippen LogP contribution in [0.4, 0.5) is 8.78 Å². The van der Waals surface area contributed by atoms with E-state index in [1.807, 2.05) is 18.2 Å². The van der Waals surface area contributed by atoms with Crippen LogP contribution in [0.5, 0.6) is 0 Å². The molecule has 2 aromatic rings. The lowest BCUT2D eigenvalue weighted by molar-refractivity contribution is -0.152. The minimum absolute atomic E-state index is 0.182. The fourth-order valence-electron chi connectivity index (χ4n) is 1.25. The summed E-state index contributed by atoms with van der Waals surface area (Å²) in [7, 11) is 0. The molecule has 14 heavy (non-hydrogen) atoms. The highest BCUT2D eigenvalue weighted by Gasteiger charge is 2.04. The van der Waals surface area contributed by atoms with Gasteiger partial charge in [0.05, 0.1) is 17.4 Å². The molecule has 0 saturated carbocycles. The minimum Gasteiger partial charge on any atom is -0.306 e. The second kappa shape index (κ2) is 3.71. The number of ether oxygens (including phenoxy) is 1. The van der Waals surface area contributed by atoms with Crippen LogP contribution in [-0.2, 0) is 11.5 Å². The molecule has 0 N–H and O–H groups in total. The van der Waals surface area contributed by atoms with Crippen molar-refractivity contribution in [2.24, 2.45) is 0 Å². The predicted molar refractivity (Wildman–Crippen MR) is 46.8 cm³/mol. The molecule has 0 aliphatic carbocycles. The van der Waals surface area contributed by atoms with Gasteiger partial charge < -0.3 is 9.30 Å². The maximum absolute atomic E-state index is 11.8. The Hall–Kier alpha value is -1.49. The second-order valence-electron chi connectivity index (χ2n) is 2.76. The summed E-state index contributed by atoms with van der Waals surface area (Å²) < 4.78 is 29.3. The molecule has 5 heteroatoms. The van der Waals surface area contributed by atoms with Gasteiger partial charge in [0.1, 0.15) is 6.73 Å². The third-order valence-electron chi connectivity index (χ3n) is 1.87. The van der Waals surface area contributed by atoms with Gasteiger partial charge >= 0.3 is 6.61 Å². The van der Waals surface area contributed by atoms with Crippen LogP contribution < -0.4 is 0 Å². The number of alkyl halides is 2. The van der Waals surface area contributed by atoms with Gasteiger partial charge in [-0.1, -0.05) is 12.1 Å². The first-order valence-electron chi connectivity index (χ1n) is 4.07. The number of para-hydroxylation sites is 2. The zero-order valence-corrected chi connectivity index (χ0v) is 7.23. The van der Waals surface area contributed by atoms with Gasteiger partial charge in [-0.2, -0.15) is 8.78 Å². The molecule has 2 rings (SSSR count). The third kappa shape index (κ3) is 1.72. The Labute approximate surface area is 78.9 Å². The fourth-order valence-corrected chi connectivity index (χ4v) is 1.25. The van der Waals surface area contributed by atoms with E-state index < -0.39 is 6.61 Å².